The van der Waals surface area contributed by atoms with Crippen LogP contribution in [0.3, 0.4) is 0 Å². The third kappa shape index (κ3) is 8.33. The zero-order valence-electron chi connectivity index (χ0n) is 19.0. The van der Waals surface area contributed by atoms with Crippen LogP contribution in [0.4, 0.5) is 0 Å². The highest BCUT2D eigenvalue weighted by molar-refractivity contribution is 7.99. The van der Waals surface area contributed by atoms with E-state index in [4.69, 9.17) is 13.8 Å². The third-order valence-electron chi connectivity index (χ3n) is 4.29. The number of ether oxygens (including phenoxy) is 1. The van der Waals surface area contributed by atoms with Gasteiger partial charge in [0.2, 0.25) is 0 Å². The van der Waals surface area contributed by atoms with Crippen LogP contribution in [-0.4, -0.2) is 43.3 Å². The summed E-state index contributed by atoms with van der Waals surface area (Å²) in [5.41, 5.74) is 1.27. The number of benzene rings is 1. The zero-order valence-corrected chi connectivity index (χ0v) is 20.7. The third-order valence-corrected chi connectivity index (χ3v) is 6.68. The van der Waals surface area contributed by atoms with Gasteiger partial charge >= 0.3 is 13.6 Å². The van der Waals surface area contributed by atoms with Crippen LogP contribution in [0.25, 0.3) is 0 Å². The Morgan fingerprint density at radius 1 is 1.14 bits per heavy atom. The molecule has 0 fully saturated rings. The number of phenolic OH excluding ortho intramolecular Hbond substituents is 1. The summed E-state index contributed by atoms with van der Waals surface area (Å²) in [6.07, 6.45) is -0.578. The normalized spacial score (nSPS) is 15.6. The van der Waals surface area contributed by atoms with E-state index < -0.39 is 19.7 Å². The lowest BCUT2D eigenvalue weighted by molar-refractivity contribution is -0.146. The molecule has 1 N–H and O–H groups in total. The molecule has 0 aliphatic carbocycles. The fraction of sp³-hybridized carbons (Fsp3) is 0.667. The molecule has 2 atom stereocenters. The molecule has 6 nitrogen and oxygen atoms in total. The van der Waals surface area contributed by atoms with Crippen LogP contribution in [0.2, 0.25) is 0 Å². The number of esters is 1. The Morgan fingerprint density at radius 2 is 1.62 bits per heavy atom. The lowest BCUT2D eigenvalue weighted by Gasteiger charge is -2.28. The van der Waals surface area contributed by atoms with E-state index in [9.17, 15) is 14.5 Å². The SMILES string of the molecule is COP(C)(=O)OCC(CSc1cc(C(C)(C)C)c(O)c(C(C)(C)C)c1)OC(C)=O. The molecule has 166 valence electrons. The van der Waals surface area contributed by atoms with Gasteiger partial charge in [-0.3, -0.25) is 9.36 Å². The first-order valence-electron chi connectivity index (χ1n) is 9.52. The number of rotatable bonds is 8. The smallest absolute Gasteiger partial charge is 0.327 e. The molecular formula is C21H35O6PS. The number of phenols is 1. The number of aromatic hydroxyl groups is 1. The van der Waals surface area contributed by atoms with Crippen LogP contribution in [0.15, 0.2) is 17.0 Å². The molecule has 0 heterocycles. The van der Waals surface area contributed by atoms with E-state index in [2.05, 4.69) is 41.5 Å². The summed E-state index contributed by atoms with van der Waals surface area (Å²) >= 11 is 1.50. The number of carbonyl (C=O) groups is 1. The van der Waals surface area contributed by atoms with Crippen molar-refractivity contribution >= 4 is 25.3 Å². The van der Waals surface area contributed by atoms with Gasteiger partial charge in [0.1, 0.15) is 11.9 Å². The molecule has 29 heavy (non-hydrogen) atoms. The second kappa shape index (κ2) is 9.86. The van der Waals surface area contributed by atoms with Crippen molar-refractivity contribution < 1.29 is 28.3 Å². The molecule has 8 heteroatoms. The van der Waals surface area contributed by atoms with E-state index in [0.29, 0.717) is 11.5 Å². The molecule has 0 radical (unpaired) electrons. The number of hydrogen-bond donors (Lipinski definition) is 1. The predicted octanol–water partition coefficient (Wildman–Crippen LogP) is 5.50. The molecule has 0 aromatic heterocycles. The Labute approximate surface area is 179 Å². The molecule has 0 saturated heterocycles. The monoisotopic (exact) mass is 446 g/mol. The Hall–Kier alpha value is -1.01. The topological polar surface area (TPSA) is 82.1 Å². The Kier molecular flexibility index (Phi) is 8.85. The zero-order chi connectivity index (χ0) is 22.6. The number of hydrogen-bond acceptors (Lipinski definition) is 7. The highest BCUT2D eigenvalue weighted by Crippen LogP contribution is 2.44. The summed E-state index contributed by atoms with van der Waals surface area (Å²) < 4.78 is 27.4. The van der Waals surface area contributed by atoms with Gasteiger partial charge in [-0.25, -0.2) is 0 Å². The molecule has 0 bridgehead atoms. The molecule has 1 aromatic rings. The summed E-state index contributed by atoms with van der Waals surface area (Å²) in [5, 5.41) is 10.8. The highest BCUT2D eigenvalue weighted by atomic mass is 32.2. The lowest BCUT2D eigenvalue weighted by Crippen LogP contribution is -2.24. The highest BCUT2D eigenvalue weighted by Gasteiger charge is 2.27. The van der Waals surface area contributed by atoms with E-state index in [1.54, 1.807) is 0 Å². The minimum Gasteiger partial charge on any atom is -0.507 e. The van der Waals surface area contributed by atoms with Gasteiger partial charge < -0.3 is 18.9 Å². The maximum Gasteiger partial charge on any atom is 0.327 e. The summed E-state index contributed by atoms with van der Waals surface area (Å²) in [6, 6.07) is 3.95. The largest absolute Gasteiger partial charge is 0.507 e. The molecule has 1 rings (SSSR count). The Bertz CT molecular complexity index is 728. The van der Waals surface area contributed by atoms with Crippen LogP contribution in [0.1, 0.15) is 59.6 Å². The minimum absolute atomic E-state index is 0.0233. The minimum atomic E-state index is -3.17. The van der Waals surface area contributed by atoms with Gasteiger partial charge in [-0.15, -0.1) is 11.8 Å². The molecular weight excluding hydrogens is 411 g/mol. The van der Waals surface area contributed by atoms with Gasteiger partial charge in [0.25, 0.3) is 0 Å². The Morgan fingerprint density at radius 3 is 2.00 bits per heavy atom. The van der Waals surface area contributed by atoms with E-state index in [1.165, 1.54) is 32.5 Å². The van der Waals surface area contributed by atoms with Gasteiger partial charge in [0.15, 0.2) is 0 Å². The van der Waals surface area contributed by atoms with Crippen LogP contribution in [0.5, 0.6) is 5.75 Å². The fourth-order valence-corrected chi connectivity index (χ4v) is 4.13. The van der Waals surface area contributed by atoms with Crippen molar-refractivity contribution in [3.05, 3.63) is 23.3 Å². The summed E-state index contributed by atoms with van der Waals surface area (Å²) in [7, 11) is -1.85. The summed E-state index contributed by atoms with van der Waals surface area (Å²) in [6.45, 7) is 15.0. The molecule has 0 saturated carbocycles. The standard InChI is InChI=1S/C21H35O6PS/c1-14(22)27-15(12-26-28(9,24)25-8)13-29-16-10-17(20(2,3)4)19(23)18(11-16)21(5,6)7/h10-11,15,23H,12-13H2,1-9H3. The molecule has 2 unspecified atom stereocenters. The van der Waals surface area contributed by atoms with Crippen molar-refractivity contribution in [3.8, 4) is 5.75 Å². The second-order valence-corrected chi connectivity index (χ2v) is 12.4. The molecule has 0 amide bonds. The number of thioether (sulfide) groups is 1. The molecule has 1 aromatic carbocycles. The van der Waals surface area contributed by atoms with Crippen LogP contribution in [0, 0.1) is 0 Å². The van der Waals surface area contributed by atoms with Gasteiger partial charge in [-0.2, -0.15) is 0 Å². The van der Waals surface area contributed by atoms with Crippen LogP contribution >= 0.6 is 19.4 Å². The number of carbonyl (C=O) groups excluding carboxylic acids is 1. The Balaban J connectivity index is 3.13. The van der Waals surface area contributed by atoms with Crippen molar-refractivity contribution in [1.29, 1.82) is 0 Å². The van der Waals surface area contributed by atoms with E-state index in [0.717, 1.165) is 16.0 Å². The quantitative estimate of drug-likeness (QED) is 0.321. The summed E-state index contributed by atoms with van der Waals surface area (Å²) in [5.74, 6) is 0.307. The van der Waals surface area contributed by atoms with Crippen molar-refractivity contribution in [1.82, 2.24) is 0 Å². The van der Waals surface area contributed by atoms with Gasteiger partial charge in [-0.05, 0) is 23.0 Å². The lowest BCUT2D eigenvalue weighted by atomic mass is 9.79. The van der Waals surface area contributed by atoms with Gasteiger partial charge in [-0.1, -0.05) is 41.5 Å². The summed E-state index contributed by atoms with van der Waals surface area (Å²) in [4.78, 5) is 12.4. The van der Waals surface area contributed by atoms with Gasteiger partial charge in [0.05, 0.1) is 6.61 Å². The van der Waals surface area contributed by atoms with Crippen molar-refractivity contribution in [3.63, 3.8) is 0 Å². The van der Waals surface area contributed by atoms with E-state index in [-0.39, 0.29) is 17.4 Å². The first-order chi connectivity index (χ1) is 13.1. The first kappa shape index (κ1) is 26.0. The predicted molar refractivity (Wildman–Crippen MR) is 118 cm³/mol. The van der Waals surface area contributed by atoms with E-state index in [1.807, 2.05) is 12.1 Å². The first-order valence-corrected chi connectivity index (χ1v) is 12.5. The molecule has 0 aliphatic rings. The molecule has 0 aliphatic heterocycles. The average Bonchev–Trinajstić information content (AvgIpc) is 2.55. The van der Waals surface area contributed by atoms with Crippen LogP contribution < -0.4 is 0 Å². The van der Waals surface area contributed by atoms with Crippen molar-refractivity contribution in [2.75, 3.05) is 26.1 Å². The maximum absolute atomic E-state index is 12.0. The maximum atomic E-state index is 12.0. The fourth-order valence-electron chi connectivity index (χ4n) is 2.65. The van der Waals surface area contributed by atoms with E-state index >= 15 is 0 Å². The van der Waals surface area contributed by atoms with Crippen molar-refractivity contribution in [2.24, 2.45) is 0 Å². The second-order valence-electron chi connectivity index (χ2n) is 9.16. The van der Waals surface area contributed by atoms with Crippen LogP contribution in [-0.2, 0) is 34.0 Å². The van der Waals surface area contributed by atoms with Gasteiger partial charge in [0, 0.05) is 42.5 Å². The molecule has 0 spiro atoms. The average molecular weight is 447 g/mol. The van der Waals surface area contributed by atoms with Crippen molar-refractivity contribution in [2.45, 2.75) is 70.3 Å².